The molecule has 0 bridgehead atoms. The van der Waals surface area contributed by atoms with E-state index in [2.05, 4.69) is 6.92 Å². The molecular weight excluding hydrogens is 518 g/mol. The molecule has 5 rings (SSSR count). The molecule has 0 saturated heterocycles. The maximum atomic E-state index is 14.6. The lowest BCUT2D eigenvalue weighted by Gasteiger charge is -2.34. The van der Waals surface area contributed by atoms with Crippen LogP contribution < -0.4 is 5.56 Å². The van der Waals surface area contributed by atoms with Crippen LogP contribution in [0.4, 0.5) is 0 Å². The molecule has 202 valence electrons. The Morgan fingerprint density at radius 3 is 2.02 bits per heavy atom. The summed E-state index contributed by atoms with van der Waals surface area (Å²) in [5.74, 6) is -0.00312. The van der Waals surface area contributed by atoms with E-state index in [1.165, 1.54) is 0 Å². The quantitative estimate of drug-likeness (QED) is 0.191. The van der Waals surface area contributed by atoms with Crippen LogP contribution in [0.1, 0.15) is 55.6 Å². The second-order valence-corrected chi connectivity index (χ2v) is 10.4. The van der Waals surface area contributed by atoms with E-state index in [0.717, 1.165) is 24.0 Å². The van der Waals surface area contributed by atoms with Gasteiger partial charge in [0.1, 0.15) is 5.82 Å². The summed E-state index contributed by atoms with van der Waals surface area (Å²) in [5.41, 5.74) is 2.92. The van der Waals surface area contributed by atoms with Crippen molar-refractivity contribution in [1.82, 2.24) is 14.5 Å². The number of para-hydroxylation sites is 1. The molecule has 1 atom stereocenters. The number of amides is 1. The fraction of sp³-hybridized carbons (Fsp3) is 0.206. The molecule has 1 aromatic heterocycles. The van der Waals surface area contributed by atoms with Crippen molar-refractivity contribution in [3.05, 3.63) is 142 Å². The van der Waals surface area contributed by atoms with Gasteiger partial charge in [-0.25, -0.2) is 4.98 Å². The number of nitrogens with zero attached hydrogens (tertiary/aromatic N) is 3. The minimum absolute atomic E-state index is 0.0246. The molecule has 1 amide bonds. The summed E-state index contributed by atoms with van der Waals surface area (Å²) in [4.78, 5) is 35.4. The Bertz CT molecular complexity index is 1610. The smallest absolute Gasteiger partial charge is 0.266 e. The lowest BCUT2D eigenvalue weighted by atomic mass is 9.89. The number of rotatable bonds is 9. The van der Waals surface area contributed by atoms with Crippen molar-refractivity contribution >= 4 is 28.4 Å². The van der Waals surface area contributed by atoms with E-state index < -0.39 is 12.0 Å². The van der Waals surface area contributed by atoms with E-state index in [-0.39, 0.29) is 11.5 Å². The fourth-order valence-electron chi connectivity index (χ4n) is 5.17. The van der Waals surface area contributed by atoms with Gasteiger partial charge in [-0.1, -0.05) is 97.7 Å². The zero-order chi connectivity index (χ0) is 28.1. The summed E-state index contributed by atoms with van der Waals surface area (Å²) < 4.78 is 1.62. The predicted octanol–water partition coefficient (Wildman–Crippen LogP) is 7.56. The van der Waals surface area contributed by atoms with Crippen molar-refractivity contribution in [1.29, 1.82) is 0 Å². The number of hydrogen-bond donors (Lipinski definition) is 0. The normalized spacial score (nSPS) is 12.0. The van der Waals surface area contributed by atoms with Crippen molar-refractivity contribution in [2.24, 2.45) is 0 Å². The van der Waals surface area contributed by atoms with Gasteiger partial charge in [-0.2, -0.15) is 0 Å². The molecule has 1 unspecified atom stereocenters. The number of halogens is 1. The molecule has 40 heavy (non-hydrogen) atoms. The van der Waals surface area contributed by atoms with Gasteiger partial charge >= 0.3 is 0 Å². The predicted molar refractivity (Wildman–Crippen MR) is 162 cm³/mol. The number of fused-ring (bicyclic) bond motifs is 1. The van der Waals surface area contributed by atoms with E-state index in [1.54, 1.807) is 22.8 Å². The zero-order valence-corrected chi connectivity index (χ0v) is 23.5. The number of aromatic nitrogens is 2. The van der Waals surface area contributed by atoms with Gasteiger partial charge < -0.3 is 4.90 Å². The van der Waals surface area contributed by atoms with Crippen LogP contribution in [-0.4, -0.2) is 26.9 Å². The molecule has 5 nitrogen and oxygen atoms in total. The molecule has 4 aromatic carbocycles. The van der Waals surface area contributed by atoms with Crippen LogP contribution in [0.25, 0.3) is 16.6 Å². The van der Waals surface area contributed by atoms with Crippen LogP contribution in [-0.2, 0) is 4.79 Å². The molecule has 0 aliphatic rings. The summed E-state index contributed by atoms with van der Waals surface area (Å²) in [7, 11) is 0. The SMILES string of the molecule is CCCCN(C(=O)C(c1ccccc1)c1ccccc1)C(C)c1nc2ccccc2c(=O)n1-c1ccc(Cl)cc1. The Morgan fingerprint density at radius 1 is 0.850 bits per heavy atom. The van der Waals surface area contributed by atoms with Crippen molar-refractivity contribution < 1.29 is 4.79 Å². The van der Waals surface area contributed by atoms with E-state index in [1.807, 2.05) is 103 Å². The monoisotopic (exact) mass is 549 g/mol. The average Bonchev–Trinajstić information content (AvgIpc) is 2.99. The molecule has 5 aromatic rings. The van der Waals surface area contributed by atoms with Gasteiger partial charge in [0.25, 0.3) is 5.56 Å². The zero-order valence-electron chi connectivity index (χ0n) is 22.7. The second-order valence-electron chi connectivity index (χ2n) is 9.92. The highest BCUT2D eigenvalue weighted by Gasteiger charge is 2.33. The maximum Gasteiger partial charge on any atom is 0.266 e. The van der Waals surface area contributed by atoms with Gasteiger partial charge in [0.2, 0.25) is 5.91 Å². The molecule has 0 fully saturated rings. The van der Waals surface area contributed by atoms with Gasteiger partial charge in [0, 0.05) is 11.6 Å². The van der Waals surface area contributed by atoms with E-state index in [9.17, 15) is 9.59 Å². The lowest BCUT2D eigenvalue weighted by Crippen LogP contribution is -2.40. The summed E-state index contributed by atoms with van der Waals surface area (Å²) in [6, 6.07) is 33.7. The highest BCUT2D eigenvalue weighted by Crippen LogP contribution is 2.32. The van der Waals surface area contributed by atoms with Gasteiger partial charge in [-0.05, 0) is 60.9 Å². The molecule has 0 radical (unpaired) electrons. The van der Waals surface area contributed by atoms with E-state index >= 15 is 0 Å². The summed E-state index contributed by atoms with van der Waals surface area (Å²) in [6.07, 6.45) is 1.75. The Morgan fingerprint density at radius 2 is 1.43 bits per heavy atom. The topological polar surface area (TPSA) is 55.2 Å². The number of benzene rings is 4. The van der Waals surface area contributed by atoms with Crippen LogP contribution in [0.2, 0.25) is 5.02 Å². The molecule has 0 aliphatic carbocycles. The lowest BCUT2D eigenvalue weighted by molar-refractivity contribution is -0.134. The van der Waals surface area contributed by atoms with Gasteiger partial charge in [0.05, 0.1) is 28.6 Å². The second kappa shape index (κ2) is 12.3. The Balaban J connectivity index is 1.68. The molecular formula is C34H32ClN3O2. The highest BCUT2D eigenvalue weighted by atomic mass is 35.5. The third-order valence-electron chi connectivity index (χ3n) is 7.28. The summed E-state index contributed by atoms with van der Waals surface area (Å²) in [5, 5.41) is 1.10. The number of carbonyl (C=O) groups excluding carboxylic acids is 1. The largest absolute Gasteiger partial charge is 0.332 e. The molecule has 0 spiro atoms. The van der Waals surface area contributed by atoms with E-state index in [0.29, 0.717) is 34.0 Å². The molecule has 1 heterocycles. The van der Waals surface area contributed by atoms with Gasteiger partial charge in [-0.3, -0.25) is 14.2 Å². The van der Waals surface area contributed by atoms with Crippen molar-refractivity contribution in [3.63, 3.8) is 0 Å². The van der Waals surface area contributed by atoms with Crippen molar-refractivity contribution in [2.45, 2.75) is 38.6 Å². The first kappa shape index (κ1) is 27.4. The Kier molecular flexibility index (Phi) is 8.42. The van der Waals surface area contributed by atoms with Crippen LogP contribution in [0, 0.1) is 0 Å². The Labute approximate surface area is 239 Å². The van der Waals surface area contributed by atoms with Crippen LogP contribution >= 0.6 is 11.6 Å². The average molecular weight is 550 g/mol. The molecule has 6 heteroatoms. The third-order valence-corrected chi connectivity index (χ3v) is 7.53. The Hall–Kier alpha value is -4.22. The van der Waals surface area contributed by atoms with E-state index in [4.69, 9.17) is 16.6 Å². The highest BCUT2D eigenvalue weighted by molar-refractivity contribution is 6.30. The number of unbranched alkanes of at least 4 members (excludes halogenated alkanes) is 1. The molecule has 0 saturated carbocycles. The molecule has 0 aliphatic heterocycles. The first-order chi connectivity index (χ1) is 19.5. The van der Waals surface area contributed by atoms with Gasteiger partial charge in [-0.15, -0.1) is 0 Å². The van der Waals surface area contributed by atoms with Gasteiger partial charge in [0.15, 0.2) is 0 Å². The van der Waals surface area contributed by atoms with Crippen molar-refractivity contribution in [2.75, 3.05) is 6.54 Å². The summed E-state index contributed by atoms with van der Waals surface area (Å²) >= 11 is 6.18. The number of carbonyl (C=O) groups is 1. The minimum atomic E-state index is -0.488. The molecule has 0 N–H and O–H groups in total. The first-order valence-corrected chi connectivity index (χ1v) is 14.1. The van der Waals surface area contributed by atoms with Crippen LogP contribution in [0.15, 0.2) is 114 Å². The van der Waals surface area contributed by atoms with Crippen LogP contribution in [0.3, 0.4) is 0 Å². The standard InChI is InChI=1S/C34H32ClN3O2/c1-3-4-23-37(34(40)31(25-13-7-5-8-14-25)26-15-9-6-10-16-26)24(2)32-36-30-18-12-11-17-29(30)33(39)38(32)28-21-19-27(35)20-22-28/h5-22,24,31H,3-4,23H2,1-2H3. The van der Waals surface area contributed by atoms with Crippen molar-refractivity contribution in [3.8, 4) is 5.69 Å². The fourth-order valence-corrected chi connectivity index (χ4v) is 5.29. The minimum Gasteiger partial charge on any atom is -0.332 e. The third kappa shape index (κ3) is 5.56. The van der Waals surface area contributed by atoms with Crippen LogP contribution in [0.5, 0.6) is 0 Å². The maximum absolute atomic E-state index is 14.6. The number of hydrogen-bond acceptors (Lipinski definition) is 3. The summed E-state index contributed by atoms with van der Waals surface area (Å²) in [6.45, 7) is 4.61. The first-order valence-electron chi connectivity index (χ1n) is 13.7.